The number of hydrogen-bond donors (Lipinski definition) is 1. The van der Waals surface area contributed by atoms with Gasteiger partial charge < -0.3 is 10.1 Å². The lowest BCUT2D eigenvalue weighted by molar-refractivity contribution is -0.116. The quantitative estimate of drug-likeness (QED) is 0.545. The lowest BCUT2D eigenvalue weighted by atomic mass is 10.1. The van der Waals surface area contributed by atoms with Crippen LogP contribution in [0.2, 0.25) is 0 Å². The molecule has 0 aliphatic rings. The minimum Gasteiger partial charge on any atom is -0.494 e. The molecule has 0 atom stereocenters. The van der Waals surface area contributed by atoms with Crippen molar-refractivity contribution in [3.05, 3.63) is 65.3 Å². The molecule has 0 unspecified atom stereocenters. The molecule has 5 nitrogen and oxygen atoms in total. The molecule has 0 saturated heterocycles. The summed E-state index contributed by atoms with van der Waals surface area (Å²) in [5, 5.41) is 4.84. The van der Waals surface area contributed by atoms with E-state index in [9.17, 15) is 14.0 Å². The largest absolute Gasteiger partial charge is 0.494 e. The second-order valence-electron chi connectivity index (χ2n) is 5.98. The number of nitrogens with zero attached hydrogens (tertiary/aromatic N) is 1. The Bertz CT molecular complexity index is 970. The smallest absolute Gasteiger partial charge is 0.226 e. The van der Waals surface area contributed by atoms with Crippen LogP contribution in [0.4, 0.5) is 9.52 Å². The van der Waals surface area contributed by atoms with Crippen LogP contribution in [0.3, 0.4) is 0 Å². The Morgan fingerprint density at radius 3 is 2.64 bits per heavy atom. The molecule has 1 aromatic heterocycles. The van der Waals surface area contributed by atoms with Crippen LogP contribution >= 0.6 is 11.3 Å². The maximum atomic E-state index is 13.3. The third-order valence-corrected chi connectivity index (χ3v) is 4.70. The number of anilines is 1. The topological polar surface area (TPSA) is 68.3 Å². The van der Waals surface area contributed by atoms with Crippen molar-refractivity contribution >= 4 is 28.2 Å². The van der Waals surface area contributed by atoms with Gasteiger partial charge in [-0.2, -0.15) is 0 Å². The molecule has 3 aromatic rings. The number of rotatable bonds is 8. The van der Waals surface area contributed by atoms with Crippen molar-refractivity contribution in [1.82, 2.24) is 4.98 Å². The molecular formula is C21H19FN2O3S. The van der Waals surface area contributed by atoms with Gasteiger partial charge in [0.25, 0.3) is 0 Å². The van der Waals surface area contributed by atoms with Gasteiger partial charge in [0, 0.05) is 29.3 Å². The van der Waals surface area contributed by atoms with E-state index >= 15 is 0 Å². The minimum atomic E-state index is -0.344. The predicted molar refractivity (Wildman–Crippen MR) is 107 cm³/mol. The number of amides is 1. The molecule has 0 saturated carbocycles. The first-order chi connectivity index (χ1) is 13.5. The molecule has 1 heterocycles. The summed E-state index contributed by atoms with van der Waals surface area (Å²) in [6.45, 7) is 2.45. The molecular weight excluding hydrogens is 379 g/mol. The Kier molecular flexibility index (Phi) is 6.49. The molecule has 0 aliphatic heterocycles. The number of Topliss-reactive ketones (excluding diaryl/α,β-unsaturated/α-hetero) is 1. The number of aromatic nitrogens is 1. The summed E-state index contributed by atoms with van der Waals surface area (Å²) < 4.78 is 18.7. The Morgan fingerprint density at radius 1 is 1.14 bits per heavy atom. The van der Waals surface area contributed by atoms with E-state index in [0.29, 0.717) is 34.3 Å². The minimum absolute atomic E-state index is 0.0565. The average molecular weight is 398 g/mol. The van der Waals surface area contributed by atoms with E-state index < -0.39 is 0 Å². The predicted octanol–water partition coefficient (Wildman–Crippen LogP) is 4.95. The van der Waals surface area contributed by atoms with Crippen LogP contribution in [0.25, 0.3) is 11.3 Å². The fourth-order valence-electron chi connectivity index (χ4n) is 2.57. The molecule has 1 amide bonds. The SMILES string of the molecule is CCOc1ccc(C(=O)CCC(=O)Nc2nc(-c3cccc(F)c3)cs2)cc1. The highest BCUT2D eigenvalue weighted by atomic mass is 32.1. The van der Waals surface area contributed by atoms with Crippen LogP contribution in [0.15, 0.2) is 53.9 Å². The number of nitrogens with one attached hydrogen (secondary N) is 1. The number of thiazole rings is 1. The molecule has 28 heavy (non-hydrogen) atoms. The zero-order valence-corrected chi connectivity index (χ0v) is 16.1. The molecule has 3 rings (SSSR count). The second-order valence-corrected chi connectivity index (χ2v) is 6.84. The van der Waals surface area contributed by atoms with Gasteiger partial charge in [0.1, 0.15) is 11.6 Å². The number of ketones is 1. The van der Waals surface area contributed by atoms with Crippen LogP contribution in [0.5, 0.6) is 5.75 Å². The Morgan fingerprint density at radius 2 is 1.93 bits per heavy atom. The van der Waals surface area contributed by atoms with Crippen molar-refractivity contribution in [2.75, 3.05) is 11.9 Å². The number of benzene rings is 2. The molecule has 2 aromatic carbocycles. The van der Waals surface area contributed by atoms with Gasteiger partial charge in [0.2, 0.25) is 5.91 Å². The lowest BCUT2D eigenvalue weighted by Gasteiger charge is -2.05. The molecule has 144 valence electrons. The normalized spacial score (nSPS) is 10.5. The lowest BCUT2D eigenvalue weighted by Crippen LogP contribution is -2.13. The van der Waals surface area contributed by atoms with E-state index in [1.807, 2.05) is 6.92 Å². The zero-order valence-electron chi connectivity index (χ0n) is 15.3. The van der Waals surface area contributed by atoms with Crippen molar-refractivity contribution in [2.24, 2.45) is 0 Å². The summed E-state index contributed by atoms with van der Waals surface area (Å²) in [4.78, 5) is 28.6. The number of ether oxygens (including phenoxy) is 1. The van der Waals surface area contributed by atoms with E-state index in [1.165, 1.54) is 23.5 Å². The molecule has 1 N–H and O–H groups in total. The second kappa shape index (κ2) is 9.23. The average Bonchev–Trinajstić information content (AvgIpc) is 3.15. The fraction of sp³-hybridized carbons (Fsp3) is 0.190. The van der Waals surface area contributed by atoms with Gasteiger partial charge in [-0.1, -0.05) is 12.1 Å². The van der Waals surface area contributed by atoms with E-state index in [1.54, 1.807) is 41.8 Å². The summed E-state index contributed by atoms with van der Waals surface area (Å²) >= 11 is 1.25. The van der Waals surface area contributed by atoms with Crippen LogP contribution in [0.1, 0.15) is 30.1 Å². The third kappa shape index (κ3) is 5.23. The van der Waals surface area contributed by atoms with Crippen LogP contribution in [0, 0.1) is 5.82 Å². The van der Waals surface area contributed by atoms with Crippen molar-refractivity contribution in [3.8, 4) is 17.0 Å². The fourth-order valence-corrected chi connectivity index (χ4v) is 3.30. The maximum absolute atomic E-state index is 13.3. The van der Waals surface area contributed by atoms with Crippen molar-refractivity contribution in [3.63, 3.8) is 0 Å². The summed E-state index contributed by atoms with van der Waals surface area (Å²) in [6, 6.07) is 13.0. The first-order valence-electron chi connectivity index (χ1n) is 8.82. The van der Waals surface area contributed by atoms with E-state index in [-0.39, 0.29) is 30.3 Å². The van der Waals surface area contributed by atoms with E-state index in [2.05, 4.69) is 10.3 Å². The van der Waals surface area contributed by atoms with Crippen LogP contribution < -0.4 is 10.1 Å². The van der Waals surface area contributed by atoms with Crippen molar-refractivity contribution in [2.45, 2.75) is 19.8 Å². The molecule has 7 heteroatoms. The first kappa shape index (κ1) is 19.7. The molecule has 0 fully saturated rings. The van der Waals surface area contributed by atoms with Crippen LogP contribution in [-0.4, -0.2) is 23.3 Å². The monoisotopic (exact) mass is 398 g/mol. The van der Waals surface area contributed by atoms with Gasteiger partial charge in [0.05, 0.1) is 12.3 Å². The maximum Gasteiger partial charge on any atom is 0.226 e. The number of hydrogen-bond acceptors (Lipinski definition) is 5. The molecule has 0 aliphatic carbocycles. The highest BCUT2D eigenvalue weighted by molar-refractivity contribution is 7.14. The van der Waals surface area contributed by atoms with Gasteiger partial charge >= 0.3 is 0 Å². The zero-order chi connectivity index (χ0) is 19.9. The number of halogens is 1. The van der Waals surface area contributed by atoms with Gasteiger partial charge in [-0.3, -0.25) is 9.59 Å². The molecule has 0 radical (unpaired) electrons. The highest BCUT2D eigenvalue weighted by Gasteiger charge is 2.12. The van der Waals surface area contributed by atoms with Gasteiger partial charge in [-0.15, -0.1) is 11.3 Å². The van der Waals surface area contributed by atoms with Crippen molar-refractivity contribution in [1.29, 1.82) is 0 Å². The van der Waals surface area contributed by atoms with Crippen LogP contribution in [-0.2, 0) is 4.79 Å². The van der Waals surface area contributed by atoms with Gasteiger partial charge in [0.15, 0.2) is 10.9 Å². The summed E-state index contributed by atoms with van der Waals surface area (Å²) in [5.41, 5.74) is 1.77. The standard InChI is InChI=1S/C21H19FN2O3S/c1-2-27-17-8-6-14(7-9-17)19(25)10-11-20(26)24-21-23-18(13-28-21)15-4-3-5-16(22)12-15/h3-9,12-13H,2,10-11H2,1H3,(H,23,24,26). The van der Waals surface area contributed by atoms with E-state index in [4.69, 9.17) is 4.74 Å². The highest BCUT2D eigenvalue weighted by Crippen LogP contribution is 2.25. The number of carbonyl (C=O) groups excluding carboxylic acids is 2. The summed E-state index contributed by atoms with van der Waals surface area (Å²) in [7, 11) is 0. The van der Waals surface area contributed by atoms with E-state index in [0.717, 1.165) is 0 Å². The van der Waals surface area contributed by atoms with Crippen molar-refractivity contribution < 1.29 is 18.7 Å². The molecule has 0 bridgehead atoms. The third-order valence-electron chi connectivity index (χ3n) is 3.94. The Balaban J connectivity index is 1.52. The molecule has 0 spiro atoms. The number of carbonyl (C=O) groups is 2. The summed E-state index contributed by atoms with van der Waals surface area (Å²) in [5.74, 6) is -0.0456. The Labute approximate surface area is 166 Å². The first-order valence-corrected chi connectivity index (χ1v) is 9.70. The Hall–Kier alpha value is -3.06. The van der Waals surface area contributed by atoms with Gasteiger partial charge in [-0.25, -0.2) is 9.37 Å². The van der Waals surface area contributed by atoms with Gasteiger partial charge in [-0.05, 0) is 43.3 Å². The summed E-state index contributed by atoms with van der Waals surface area (Å²) in [6.07, 6.45) is 0.156.